The van der Waals surface area contributed by atoms with Crippen LogP contribution in [0.25, 0.3) is 0 Å². The zero-order valence-electron chi connectivity index (χ0n) is 7.09. The molecule has 1 fully saturated rings. The number of hydrogen-bond donors (Lipinski definition) is 0. The molecule has 0 aromatic rings. The van der Waals surface area contributed by atoms with Crippen LogP contribution < -0.4 is 0 Å². The second-order valence-corrected chi connectivity index (χ2v) is 3.69. The molecule has 2 atom stereocenters. The summed E-state index contributed by atoms with van der Waals surface area (Å²) in [6, 6.07) is 0. The normalized spacial score (nSPS) is 25.3. The van der Waals surface area contributed by atoms with Crippen LogP contribution in [0.3, 0.4) is 0 Å². The fraction of sp³-hybridized carbons (Fsp3) is 0.875. The summed E-state index contributed by atoms with van der Waals surface area (Å²) in [7, 11) is 0. The zero-order chi connectivity index (χ0) is 8.97. The van der Waals surface area contributed by atoms with Gasteiger partial charge in [0.25, 0.3) is 0 Å². The lowest BCUT2D eigenvalue weighted by molar-refractivity contribution is -0.144. The first-order valence-electron chi connectivity index (χ1n) is 4.18. The van der Waals surface area contributed by atoms with Gasteiger partial charge in [0.1, 0.15) is 4.83 Å². The molecule has 1 heterocycles. The average molecular weight is 237 g/mol. The first kappa shape index (κ1) is 9.99. The van der Waals surface area contributed by atoms with Crippen molar-refractivity contribution in [1.82, 2.24) is 0 Å². The van der Waals surface area contributed by atoms with Gasteiger partial charge in [-0.05, 0) is 19.8 Å². The number of alkyl halides is 1. The molecule has 0 bridgehead atoms. The van der Waals surface area contributed by atoms with E-state index < -0.39 is 0 Å². The van der Waals surface area contributed by atoms with Crippen LogP contribution in [0.1, 0.15) is 19.8 Å². The van der Waals surface area contributed by atoms with E-state index in [4.69, 9.17) is 9.47 Å². The molecule has 2 unspecified atom stereocenters. The Kier molecular flexibility index (Phi) is 4.01. The van der Waals surface area contributed by atoms with E-state index in [1.165, 1.54) is 0 Å². The van der Waals surface area contributed by atoms with Gasteiger partial charge in [0.2, 0.25) is 0 Å². The quantitative estimate of drug-likeness (QED) is 0.551. The van der Waals surface area contributed by atoms with Crippen molar-refractivity contribution in [3.8, 4) is 0 Å². The molecule has 0 aliphatic carbocycles. The van der Waals surface area contributed by atoms with Crippen LogP contribution in [0.15, 0.2) is 0 Å². The predicted octanol–water partition coefficient (Wildman–Crippen LogP) is 1.49. The van der Waals surface area contributed by atoms with Gasteiger partial charge in [-0.15, -0.1) is 0 Å². The Morgan fingerprint density at radius 3 is 3.08 bits per heavy atom. The molecule has 0 aromatic heterocycles. The van der Waals surface area contributed by atoms with Crippen molar-refractivity contribution in [1.29, 1.82) is 0 Å². The minimum atomic E-state index is -0.292. The maximum Gasteiger partial charge on any atom is 0.322 e. The molecule has 1 aliphatic heterocycles. The first-order valence-corrected chi connectivity index (χ1v) is 5.09. The van der Waals surface area contributed by atoms with Crippen molar-refractivity contribution < 1.29 is 14.3 Å². The SMILES string of the molecule is CCOC(=O)C(Br)C1CCCO1. The third-order valence-electron chi connectivity index (χ3n) is 1.80. The van der Waals surface area contributed by atoms with Gasteiger partial charge in [-0.25, -0.2) is 0 Å². The Bertz CT molecular complexity index is 154. The monoisotopic (exact) mass is 236 g/mol. The van der Waals surface area contributed by atoms with Gasteiger partial charge in [0, 0.05) is 6.61 Å². The van der Waals surface area contributed by atoms with E-state index >= 15 is 0 Å². The van der Waals surface area contributed by atoms with Crippen molar-refractivity contribution in [2.75, 3.05) is 13.2 Å². The number of carbonyl (C=O) groups excluding carboxylic acids is 1. The molecule has 12 heavy (non-hydrogen) atoms. The van der Waals surface area contributed by atoms with Crippen LogP contribution in [-0.4, -0.2) is 30.1 Å². The van der Waals surface area contributed by atoms with E-state index in [-0.39, 0.29) is 16.9 Å². The van der Waals surface area contributed by atoms with E-state index in [9.17, 15) is 4.79 Å². The summed E-state index contributed by atoms with van der Waals surface area (Å²) in [6.45, 7) is 2.98. The molecule has 0 saturated carbocycles. The maximum absolute atomic E-state index is 11.2. The zero-order valence-corrected chi connectivity index (χ0v) is 8.67. The van der Waals surface area contributed by atoms with Crippen molar-refractivity contribution in [3.05, 3.63) is 0 Å². The van der Waals surface area contributed by atoms with Crippen molar-refractivity contribution in [2.24, 2.45) is 0 Å². The van der Waals surface area contributed by atoms with E-state index in [2.05, 4.69) is 15.9 Å². The van der Waals surface area contributed by atoms with E-state index in [0.717, 1.165) is 19.4 Å². The van der Waals surface area contributed by atoms with E-state index in [0.29, 0.717) is 6.61 Å². The number of halogens is 1. The number of carbonyl (C=O) groups is 1. The molecule has 0 N–H and O–H groups in total. The maximum atomic E-state index is 11.2. The Labute approximate surface area is 80.5 Å². The minimum Gasteiger partial charge on any atom is -0.465 e. The molecule has 0 aromatic carbocycles. The van der Waals surface area contributed by atoms with Gasteiger partial charge in [-0.3, -0.25) is 4.79 Å². The minimum absolute atomic E-state index is 0.00375. The van der Waals surface area contributed by atoms with Crippen LogP contribution in [-0.2, 0) is 14.3 Å². The fourth-order valence-corrected chi connectivity index (χ4v) is 1.76. The Balaban J connectivity index is 2.34. The molecule has 0 radical (unpaired) electrons. The molecular formula is C8H13BrO3. The van der Waals surface area contributed by atoms with Gasteiger partial charge in [0.15, 0.2) is 0 Å². The molecule has 0 spiro atoms. The molecule has 4 heteroatoms. The number of rotatable bonds is 3. The molecular weight excluding hydrogens is 224 g/mol. The standard InChI is InChI=1S/C8H13BrO3/c1-2-11-8(10)7(9)6-4-3-5-12-6/h6-7H,2-5H2,1H3. The second-order valence-electron chi connectivity index (χ2n) is 2.71. The summed E-state index contributed by atoms with van der Waals surface area (Å²) in [6.07, 6.45) is 1.98. The van der Waals surface area contributed by atoms with Crippen LogP contribution in [0.2, 0.25) is 0 Å². The van der Waals surface area contributed by atoms with Crippen LogP contribution in [0.4, 0.5) is 0 Å². The summed E-state index contributed by atoms with van der Waals surface area (Å²) in [4.78, 5) is 10.9. The van der Waals surface area contributed by atoms with E-state index in [1.54, 1.807) is 6.92 Å². The summed E-state index contributed by atoms with van der Waals surface area (Å²) >= 11 is 3.27. The molecule has 3 nitrogen and oxygen atoms in total. The number of hydrogen-bond acceptors (Lipinski definition) is 3. The highest BCUT2D eigenvalue weighted by Crippen LogP contribution is 2.21. The largest absolute Gasteiger partial charge is 0.465 e. The fourth-order valence-electron chi connectivity index (χ4n) is 1.21. The smallest absolute Gasteiger partial charge is 0.322 e. The summed E-state index contributed by atoms with van der Waals surface area (Å²) < 4.78 is 10.2. The van der Waals surface area contributed by atoms with Gasteiger partial charge in [0.05, 0.1) is 12.7 Å². The van der Waals surface area contributed by atoms with Gasteiger partial charge in [-0.2, -0.15) is 0 Å². The Hall–Kier alpha value is -0.0900. The summed E-state index contributed by atoms with van der Waals surface area (Å²) in [5, 5.41) is 0. The Morgan fingerprint density at radius 2 is 2.58 bits per heavy atom. The highest BCUT2D eigenvalue weighted by atomic mass is 79.9. The molecule has 1 saturated heterocycles. The summed E-state index contributed by atoms with van der Waals surface area (Å²) in [5.41, 5.74) is 0. The third kappa shape index (κ3) is 2.45. The van der Waals surface area contributed by atoms with Crippen LogP contribution in [0.5, 0.6) is 0 Å². The van der Waals surface area contributed by atoms with E-state index in [1.807, 2.05) is 0 Å². The lowest BCUT2D eigenvalue weighted by Gasteiger charge is -2.14. The molecule has 1 rings (SSSR count). The highest BCUT2D eigenvalue weighted by Gasteiger charge is 2.30. The predicted molar refractivity (Wildman–Crippen MR) is 48.3 cm³/mol. The molecule has 70 valence electrons. The van der Waals surface area contributed by atoms with Gasteiger partial charge >= 0.3 is 5.97 Å². The third-order valence-corrected chi connectivity index (χ3v) is 2.77. The highest BCUT2D eigenvalue weighted by molar-refractivity contribution is 9.10. The van der Waals surface area contributed by atoms with Crippen LogP contribution >= 0.6 is 15.9 Å². The number of ether oxygens (including phenoxy) is 2. The summed E-state index contributed by atoms with van der Waals surface area (Å²) in [5.74, 6) is -0.218. The van der Waals surface area contributed by atoms with Crippen LogP contribution in [0, 0.1) is 0 Å². The van der Waals surface area contributed by atoms with Gasteiger partial charge in [-0.1, -0.05) is 15.9 Å². The molecule has 1 aliphatic rings. The number of esters is 1. The average Bonchev–Trinajstić information content (AvgIpc) is 2.55. The Morgan fingerprint density at radius 1 is 1.83 bits per heavy atom. The van der Waals surface area contributed by atoms with Crippen molar-refractivity contribution >= 4 is 21.9 Å². The van der Waals surface area contributed by atoms with Gasteiger partial charge < -0.3 is 9.47 Å². The topological polar surface area (TPSA) is 35.5 Å². The lowest BCUT2D eigenvalue weighted by atomic mass is 10.2. The lowest BCUT2D eigenvalue weighted by Crippen LogP contribution is -2.29. The molecule has 0 amide bonds. The first-order chi connectivity index (χ1) is 5.75. The second kappa shape index (κ2) is 4.82. The van der Waals surface area contributed by atoms with Crippen molar-refractivity contribution in [3.63, 3.8) is 0 Å². The van der Waals surface area contributed by atoms with Crippen molar-refractivity contribution in [2.45, 2.75) is 30.7 Å².